The highest BCUT2D eigenvalue weighted by molar-refractivity contribution is 5.93. The minimum Gasteiger partial charge on any atom is -0.479 e. The van der Waals surface area contributed by atoms with E-state index in [1.165, 1.54) is 19.1 Å². The van der Waals surface area contributed by atoms with Crippen molar-refractivity contribution >= 4 is 17.6 Å². The van der Waals surface area contributed by atoms with E-state index < -0.39 is 36.7 Å². The third-order valence-electron chi connectivity index (χ3n) is 3.35. The van der Waals surface area contributed by atoms with Crippen molar-refractivity contribution in [2.45, 2.75) is 26.3 Å². The summed E-state index contributed by atoms with van der Waals surface area (Å²) in [5.74, 6) is -1.31. The largest absolute Gasteiger partial charge is 0.573 e. The van der Waals surface area contributed by atoms with Crippen LogP contribution >= 0.6 is 0 Å². The second kappa shape index (κ2) is 9.12. The van der Waals surface area contributed by atoms with Crippen LogP contribution in [0.2, 0.25) is 0 Å². The van der Waals surface area contributed by atoms with Gasteiger partial charge in [-0.05, 0) is 55.8 Å². The maximum Gasteiger partial charge on any atom is 0.573 e. The number of amides is 1. The number of nitrogens with one attached hydrogen (secondary N) is 1. The average molecular weight is 397 g/mol. The van der Waals surface area contributed by atoms with Crippen LogP contribution in [-0.2, 0) is 14.3 Å². The van der Waals surface area contributed by atoms with Crippen molar-refractivity contribution in [1.82, 2.24) is 0 Å². The Morgan fingerprint density at radius 2 is 1.75 bits per heavy atom. The Hall–Kier alpha value is -3.23. The summed E-state index contributed by atoms with van der Waals surface area (Å²) in [4.78, 5) is 23.7. The van der Waals surface area contributed by atoms with E-state index in [4.69, 9.17) is 9.47 Å². The fourth-order valence-corrected chi connectivity index (χ4v) is 2.13. The molecular weight excluding hydrogens is 379 g/mol. The predicted octanol–water partition coefficient (Wildman–Crippen LogP) is 3.84. The Bertz CT molecular complexity index is 821. The van der Waals surface area contributed by atoms with E-state index in [-0.39, 0.29) is 5.69 Å². The molecular formula is C19H18F3NO5. The molecule has 0 aliphatic heterocycles. The average Bonchev–Trinajstić information content (AvgIpc) is 2.60. The molecule has 0 saturated heterocycles. The molecule has 150 valence electrons. The van der Waals surface area contributed by atoms with E-state index in [1.54, 1.807) is 18.2 Å². The highest BCUT2D eigenvalue weighted by Gasteiger charge is 2.31. The molecule has 0 aliphatic rings. The molecule has 0 aromatic heterocycles. The maximum absolute atomic E-state index is 12.1. The van der Waals surface area contributed by atoms with Gasteiger partial charge >= 0.3 is 12.3 Å². The number of carbonyl (C=O) groups excluding carboxylic acids is 2. The molecule has 2 rings (SSSR count). The number of rotatable bonds is 7. The minimum atomic E-state index is -4.80. The third-order valence-corrected chi connectivity index (χ3v) is 3.35. The van der Waals surface area contributed by atoms with Crippen LogP contribution in [0.1, 0.15) is 12.5 Å². The molecule has 0 bridgehead atoms. The lowest BCUT2D eigenvalue weighted by molar-refractivity contribution is -0.274. The van der Waals surface area contributed by atoms with E-state index in [1.807, 2.05) is 13.0 Å². The van der Waals surface area contributed by atoms with Gasteiger partial charge in [-0.25, -0.2) is 4.79 Å². The molecule has 0 heterocycles. The van der Waals surface area contributed by atoms with Crippen LogP contribution in [0.15, 0.2) is 48.5 Å². The molecule has 0 aliphatic carbocycles. The quantitative estimate of drug-likeness (QED) is 0.719. The van der Waals surface area contributed by atoms with Crippen LogP contribution in [0.4, 0.5) is 18.9 Å². The first-order valence-electron chi connectivity index (χ1n) is 8.18. The lowest BCUT2D eigenvalue weighted by Gasteiger charge is -2.14. The first-order valence-corrected chi connectivity index (χ1v) is 8.18. The lowest BCUT2D eigenvalue weighted by Crippen LogP contribution is -2.29. The maximum atomic E-state index is 12.1. The first-order chi connectivity index (χ1) is 13.1. The number of ether oxygens (including phenoxy) is 3. The van der Waals surface area contributed by atoms with Crippen molar-refractivity contribution in [3.8, 4) is 11.5 Å². The molecule has 1 amide bonds. The summed E-state index contributed by atoms with van der Waals surface area (Å²) >= 11 is 0. The van der Waals surface area contributed by atoms with Gasteiger partial charge in [-0.3, -0.25) is 4.79 Å². The monoisotopic (exact) mass is 397 g/mol. The zero-order valence-corrected chi connectivity index (χ0v) is 15.1. The number of esters is 1. The summed E-state index contributed by atoms with van der Waals surface area (Å²) < 4.78 is 50.4. The number of carbonyl (C=O) groups is 2. The topological polar surface area (TPSA) is 73.9 Å². The molecule has 0 fully saturated rings. The minimum absolute atomic E-state index is 0.222. The molecule has 28 heavy (non-hydrogen) atoms. The Morgan fingerprint density at radius 3 is 2.36 bits per heavy atom. The van der Waals surface area contributed by atoms with Crippen molar-refractivity contribution in [2.75, 3.05) is 11.9 Å². The summed E-state index contributed by atoms with van der Waals surface area (Å²) in [6, 6.07) is 11.6. The van der Waals surface area contributed by atoms with Gasteiger partial charge in [0.25, 0.3) is 5.91 Å². The smallest absolute Gasteiger partial charge is 0.479 e. The molecule has 0 spiro atoms. The van der Waals surface area contributed by atoms with Crippen molar-refractivity contribution in [3.63, 3.8) is 0 Å². The molecule has 0 unspecified atom stereocenters. The number of benzene rings is 2. The van der Waals surface area contributed by atoms with Crippen LogP contribution < -0.4 is 14.8 Å². The zero-order valence-electron chi connectivity index (χ0n) is 15.1. The molecule has 2 aromatic carbocycles. The lowest BCUT2D eigenvalue weighted by atomic mass is 10.2. The number of alkyl halides is 3. The highest BCUT2D eigenvalue weighted by atomic mass is 19.4. The fraction of sp³-hybridized carbons (Fsp3) is 0.263. The number of hydrogen-bond donors (Lipinski definition) is 1. The second-order valence-corrected chi connectivity index (χ2v) is 5.80. The van der Waals surface area contributed by atoms with Gasteiger partial charge in [0, 0.05) is 5.69 Å². The molecule has 6 nitrogen and oxygen atoms in total. The Balaban J connectivity index is 1.79. The molecule has 1 atom stereocenters. The summed E-state index contributed by atoms with van der Waals surface area (Å²) in [6.07, 6.45) is -5.72. The Labute approximate surface area is 159 Å². The number of anilines is 1. The van der Waals surface area contributed by atoms with E-state index in [0.29, 0.717) is 5.75 Å². The highest BCUT2D eigenvalue weighted by Crippen LogP contribution is 2.24. The number of halogens is 3. The van der Waals surface area contributed by atoms with Gasteiger partial charge < -0.3 is 19.5 Å². The van der Waals surface area contributed by atoms with Gasteiger partial charge in [0.15, 0.2) is 12.7 Å². The van der Waals surface area contributed by atoms with Crippen LogP contribution in [0.25, 0.3) is 0 Å². The Morgan fingerprint density at radius 1 is 1.07 bits per heavy atom. The Kier molecular flexibility index (Phi) is 6.86. The zero-order chi connectivity index (χ0) is 20.7. The summed E-state index contributed by atoms with van der Waals surface area (Å²) in [6.45, 7) is 2.80. The predicted molar refractivity (Wildman–Crippen MR) is 94.0 cm³/mol. The SMILES string of the molecule is Cc1cccc(O[C@@H](C)C(=O)OCC(=O)Nc2ccc(OC(F)(F)F)cc2)c1. The molecule has 0 saturated carbocycles. The van der Waals surface area contributed by atoms with Gasteiger partial charge in [-0.2, -0.15) is 0 Å². The summed E-state index contributed by atoms with van der Waals surface area (Å²) in [5, 5.41) is 2.39. The van der Waals surface area contributed by atoms with E-state index in [2.05, 4.69) is 10.1 Å². The van der Waals surface area contributed by atoms with E-state index in [0.717, 1.165) is 17.7 Å². The van der Waals surface area contributed by atoms with Gasteiger partial charge in [-0.1, -0.05) is 12.1 Å². The van der Waals surface area contributed by atoms with Crippen LogP contribution in [0.5, 0.6) is 11.5 Å². The number of aryl methyl sites for hydroxylation is 1. The van der Waals surface area contributed by atoms with Crippen LogP contribution in [0, 0.1) is 6.92 Å². The van der Waals surface area contributed by atoms with Crippen molar-refractivity contribution < 1.29 is 37.0 Å². The van der Waals surface area contributed by atoms with Gasteiger partial charge in [0.05, 0.1) is 0 Å². The van der Waals surface area contributed by atoms with Gasteiger partial charge in [0.2, 0.25) is 0 Å². The van der Waals surface area contributed by atoms with Gasteiger partial charge in [-0.15, -0.1) is 13.2 Å². The molecule has 9 heteroatoms. The standard InChI is InChI=1S/C19H18F3NO5/c1-12-4-3-5-16(10-12)27-13(2)18(25)26-11-17(24)23-14-6-8-15(9-7-14)28-19(20,21)22/h3-10,13H,11H2,1-2H3,(H,23,24)/t13-/m0/s1. The summed E-state index contributed by atoms with van der Waals surface area (Å²) in [5.41, 5.74) is 1.18. The first kappa shape index (κ1) is 21.1. The fourth-order valence-electron chi connectivity index (χ4n) is 2.13. The van der Waals surface area contributed by atoms with E-state index in [9.17, 15) is 22.8 Å². The number of hydrogen-bond acceptors (Lipinski definition) is 5. The normalized spacial score (nSPS) is 12.0. The van der Waals surface area contributed by atoms with Crippen LogP contribution in [-0.4, -0.2) is 30.9 Å². The van der Waals surface area contributed by atoms with Crippen molar-refractivity contribution in [2.24, 2.45) is 0 Å². The molecule has 0 radical (unpaired) electrons. The molecule has 1 N–H and O–H groups in total. The van der Waals surface area contributed by atoms with Gasteiger partial charge in [0.1, 0.15) is 11.5 Å². The van der Waals surface area contributed by atoms with E-state index >= 15 is 0 Å². The summed E-state index contributed by atoms with van der Waals surface area (Å²) in [7, 11) is 0. The van der Waals surface area contributed by atoms with Crippen molar-refractivity contribution in [1.29, 1.82) is 0 Å². The second-order valence-electron chi connectivity index (χ2n) is 5.80. The van der Waals surface area contributed by atoms with Crippen LogP contribution in [0.3, 0.4) is 0 Å². The third kappa shape index (κ3) is 7.18. The molecule has 2 aromatic rings. The van der Waals surface area contributed by atoms with Crippen molar-refractivity contribution in [3.05, 3.63) is 54.1 Å².